The zero-order valence-electron chi connectivity index (χ0n) is 17.1. The van der Waals surface area contributed by atoms with Crippen molar-refractivity contribution in [3.8, 4) is 0 Å². The van der Waals surface area contributed by atoms with Gasteiger partial charge in [0.1, 0.15) is 6.04 Å². The summed E-state index contributed by atoms with van der Waals surface area (Å²) in [4.78, 5) is 28.0. The maximum absolute atomic E-state index is 13.0. The number of piperazine rings is 1. The minimum Gasteiger partial charge on any atom is -0.450 e. The molecule has 1 fully saturated rings. The first kappa shape index (κ1) is 22.0. The number of amides is 2. The summed E-state index contributed by atoms with van der Waals surface area (Å²) < 4.78 is 31.1. The van der Waals surface area contributed by atoms with Crippen molar-refractivity contribution in [1.29, 1.82) is 0 Å². The Balaban J connectivity index is 2.18. The number of benzene rings is 1. The van der Waals surface area contributed by atoms with E-state index in [2.05, 4.69) is 0 Å². The van der Waals surface area contributed by atoms with Crippen LogP contribution in [0.3, 0.4) is 0 Å². The topological polar surface area (TPSA) is 87.2 Å². The maximum atomic E-state index is 13.0. The molecule has 0 saturated carbocycles. The minimum atomic E-state index is -3.66. The summed E-state index contributed by atoms with van der Waals surface area (Å²) in [6, 6.07) is 4.59. The summed E-state index contributed by atoms with van der Waals surface area (Å²) >= 11 is 0. The van der Waals surface area contributed by atoms with Crippen LogP contribution in [0.25, 0.3) is 0 Å². The molecular formula is C19H29N3O5S. The molecule has 0 bridgehead atoms. The van der Waals surface area contributed by atoms with Gasteiger partial charge in [0.05, 0.1) is 18.6 Å². The fourth-order valence-corrected chi connectivity index (χ4v) is 4.62. The van der Waals surface area contributed by atoms with Crippen LogP contribution in [0.5, 0.6) is 0 Å². The summed E-state index contributed by atoms with van der Waals surface area (Å²) in [5.74, 6) is -0.284. The van der Waals surface area contributed by atoms with Gasteiger partial charge in [-0.05, 0) is 51.0 Å². The lowest BCUT2D eigenvalue weighted by Gasteiger charge is -2.37. The van der Waals surface area contributed by atoms with Crippen molar-refractivity contribution in [3.05, 3.63) is 29.3 Å². The first-order valence-corrected chi connectivity index (χ1v) is 11.2. The number of sulfonamides is 1. The zero-order chi connectivity index (χ0) is 21.1. The van der Waals surface area contributed by atoms with E-state index in [1.54, 1.807) is 35.8 Å². The molecule has 0 N–H and O–H groups in total. The highest BCUT2D eigenvalue weighted by molar-refractivity contribution is 7.92. The van der Waals surface area contributed by atoms with Gasteiger partial charge in [0.15, 0.2) is 0 Å². The maximum Gasteiger partial charge on any atom is 0.409 e. The van der Waals surface area contributed by atoms with Crippen molar-refractivity contribution in [2.24, 2.45) is 0 Å². The molecule has 28 heavy (non-hydrogen) atoms. The molecule has 9 heteroatoms. The van der Waals surface area contributed by atoms with Crippen LogP contribution in [0.1, 0.15) is 25.0 Å². The third-order valence-corrected chi connectivity index (χ3v) is 5.89. The summed E-state index contributed by atoms with van der Waals surface area (Å²) in [6.07, 6.45) is 0.711. The smallest absolute Gasteiger partial charge is 0.409 e. The standard InChI is InChI=1S/C19H29N3O5S/c1-6-27-19(24)21-9-7-20(8-10-21)18(23)16(4)22(28(5,25)26)17-12-14(2)11-15(3)13-17/h11-13,16H,6-10H2,1-5H3. The van der Waals surface area contributed by atoms with E-state index in [4.69, 9.17) is 4.74 Å². The molecule has 1 saturated heterocycles. The molecule has 2 rings (SSSR count). The van der Waals surface area contributed by atoms with Crippen molar-refractivity contribution < 1.29 is 22.7 Å². The van der Waals surface area contributed by atoms with E-state index < -0.39 is 22.2 Å². The van der Waals surface area contributed by atoms with E-state index in [-0.39, 0.29) is 5.91 Å². The number of hydrogen-bond donors (Lipinski definition) is 0. The Hall–Kier alpha value is -2.29. The second-order valence-corrected chi connectivity index (χ2v) is 8.95. The molecule has 1 unspecified atom stereocenters. The number of aryl methyl sites for hydroxylation is 2. The highest BCUT2D eigenvalue weighted by Gasteiger charge is 2.34. The molecule has 0 spiro atoms. The minimum absolute atomic E-state index is 0.284. The molecule has 1 aliphatic rings. The fraction of sp³-hybridized carbons (Fsp3) is 0.579. The van der Waals surface area contributed by atoms with Crippen LogP contribution in [0, 0.1) is 13.8 Å². The first-order chi connectivity index (χ1) is 13.0. The van der Waals surface area contributed by atoms with E-state index in [0.29, 0.717) is 38.5 Å². The second kappa shape index (κ2) is 8.81. The summed E-state index contributed by atoms with van der Waals surface area (Å²) in [6.45, 7) is 8.81. The van der Waals surface area contributed by atoms with Crippen LogP contribution in [0.2, 0.25) is 0 Å². The summed E-state index contributed by atoms with van der Waals surface area (Å²) in [5, 5.41) is 0. The quantitative estimate of drug-likeness (QED) is 0.737. The van der Waals surface area contributed by atoms with Crippen LogP contribution in [0.4, 0.5) is 10.5 Å². The van der Waals surface area contributed by atoms with Gasteiger partial charge in [0, 0.05) is 26.2 Å². The Morgan fingerprint density at radius 1 is 1.07 bits per heavy atom. The summed E-state index contributed by atoms with van der Waals surface area (Å²) in [7, 11) is -3.66. The molecule has 1 aliphatic heterocycles. The number of ether oxygens (including phenoxy) is 1. The largest absolute Gasteiger partial charge is 0.450 e. The lowest BCUT2D eigenvalue weighted by atomic mass is 10.1. The normalized spacial score (nSPS) is 15.9. The number of carbonyl (C=O) groups excluding carboxylic acids is 2. The number of rotatable bonds is 5. The Morgan fingerprint density at radius 3 is 2.04 bits per heavy atom. The van der Waals surface area contributed by atoms with Gasteiger partial charge in [-0.1, -0.05) is 6.07 Å². The molecule has 156 valence electrons. The lowest BCUT2D eigenvalue weighted by Crippen LogP contribution is -2.56. The number of anilines is 1. The zero-order valence-corrected chi connectivity index (χ0v) is 18.0. The summed E-state index contributed by atoms with van der Waals surface area (Å²) in [5.41, 5.74) is 2.32. The fourth-order valence-electron chi connectivity index (χ4n) is 3.47. The van der Waals surface area contributed by atoms with Crippen LogP contribution in [0.15, 0.2) is 18.2 Å². The Bertz CT molecular complexity index is 812. The van der Waals surface area contributed by atoms with E-state index >= 15 is 0 Å². The molecule has 0 radical (unpaired) electrons. The van der Waals surface area contributed by atoms with Crippen molar-refractivity contribution in [2.45, 2.75) is 33.7 Å². The van der Waals surface area contributed by atoms with Gasteiger partial charge in [-0.15, -0.1) is 0 Å². The Labute approximate surface area is 167 Å². The molecule has 0 aliphatic carbocycles. The predicted molar refractivity (Wildman–Crippen MR) is 108 cm³/mol. The Morgan fingerprint density at radius 2 is 1.57 bits per heavy atom. The molecular weight excluding hydrogens is 382 g/mol. The van der Waals surface area contributed by atoms with Crippen LogP contribution < -0.4 is 4.31 Å². The molecule has 0 aromatic heterocycles. The van der Waals surface area contributed by atoms with E-state index in [0.717, 1.165) is 17.4 Å². The van der Waals surface area contributed by atoms with Gasteiger partial charge < -0.3 is 14.5 Å². The van der Waals surface area contributed by atoms with E-state index in [9.17, 15) is 18.0 Å². The van der Waals surface area contributed by atoms with E-state index in [1.165, 1.54) is 4.31 Å². The second-order valence-electron chi connectivity index (χ2n) is 7.09. The van der Waals surface area contributed by atoms with Crippen molar-refractivity contribution in [2.75, 3.05) is 43.3 Å². The highest BCUT2D eigenvalue weighted by atomic mass is 32.2. The average molecular weight is 412 g/mol. The van der Waals surface area contributed by atoms with Crippen molar-refractivity contribution >= 4 is 27.7 Å². The van der Waals surface area contributed by atoms with Crippen LogP contribution >= 0.6 is 0 Å². The van der Waals surface area contributed by atoms with Gasteiger partial charge in [-0.25, -0.2) is 13.2 Å². The molecule has 1 aromatic carbocycles. The van der Waals surface area contributed by atoms with Gasteiger partial charge in [0.25, 0.3) is 0 Å². The molecule has 1 aromatic rings. The Kier molecular flexibility index (Phi) is 6.92. The number of nitrogens with zero attached hydrogens (tertiary/aromatic N) is 3. The number of carbonyl (C=O) groups is 2. The predicted octanol–water partition coefficient (Wildman–Crippen LogP) is 1.76. The first-order valence-electron chi connectivity index (χ1n) is 9.32. The lowest BCUT2D eigenvalue weighted by molar-refractivity contribution is -0.133. The average Bonchev–Trinajstić information content (AvgIpc) is 2.59. The van der Waals surface area contributed by atoms with Crippen LogP contribution in [-0.4, -0.2) is 75.3 Å². The third kappa shape index (κ3) is 5.15. The monoisotopic (exact) mass is 411 g/mol. The molecule has 8 nitrogen and oxygen atoms in total. The molecule has 2 amide bonds. The van der Waals surface area contributed by atoms with Gasteiger partial charge in [-0.3, -0.25) is 9.10 Å². The van der Waals surface area contributed by atoms with E-state index in [1.807, 2.05) is 19.9 Å². The highest BCUT2D eigenvalue weighted by Crippen LogP contribution is 2.25. The third-order valence-electron chi connectivity index (χ3n) is 4.64. The SMILES string of the molecule is CCOC(=O)N1CCN(C(=O)C(C)N(c2cc(C)cc(C)c2)S(C)(=O)=O)CC1. The van der Waals surface area contributed by atoms with Crippen LogP contribution in [-0.2, 0) is 19.6 Å². The van der Waals surface area contributed by atoms with Crippen molar-refractivity contribution in [1.82, 2.24) is 9.80 Å². The number of hydrogen-bond acceptors (Lipinski definition) is 5. The van der Waals surface area contributed by atoms with Gasteiger partial charge in [0.2, 0.25) is 15.9 Å². The molecule has 1 atom stereocenters. The van der Waals surface area contributed by atoms with Gasteiger partial charge in [-0.2, -0.15) is 0 Å². The van der Waals surface area contributed by atoms with Crippen molar-refractivity contribution in [3.63, 3.8) is 0 Å². The van der Waals surface area contributed by atoms with Gasteiger partial charge >= 0.3 is 6.09 Å². The molecule has 1 heterocycles.